The van der Waals surface area contributed by atoms with Crippen molar-refractivity contribution in [1.82, 2.24) is 9.88 Å². The predicted octanol–water partition coefficient (Wildman–Crippen LogP) is 1.96. The summed E-state index contributed by atoms with van der Waals surface area (Å²) in [5, 5.41) is 4.35. The summed E-state index contributed by atoms with van der Waals surface area (Å²) in [7, 11) is 2.07. The van der Waals surface area contributed by atoms with E-state index in [1.807, 2.05) is 0 Å². The van der Waals surface area contributed by atoms with Crippen LogP contribution in [-0.2, 0) is 13.6 Å². The summed E-state index contributed by atoms with van der Waals surface area (Å²) in [5.41, 5.74) is 1.38. The molecule has 4 heteroatoms. The van der Waals surface area contributed by atoms with Crippen molar-refractivity contribution in [2.45, 2.75) is 11.8 Å². The van der Waals surface area contributed by atoms with Crippen LogP contribution < -0.4 is 5.32 Å². The lowest BCUT2D eigenvalue weighted by Crippen LogP contribution is -2.28. The quantitative estimate of drug-likeness (QED) is 0.870. The molecule has 1 aromatic rings. The molecule has 0 bridgehead atoms. The highest BCUT2D eigenvalue weighted by Crippen LogP contribution is 2.23. The fraction of sp³-hybridized carbons (Fsp3) is 0.636. The molecule has 1 aliphatic rings. The molecule has 0 spiro atoms. The molecule has 2 rings (SSSR count). The summed E-state index contributed by atoms with van der Waals surface area (Å²) in [6, 6.07) is 2.18. The lowest BCUT2D eigenvalue weighted by molar-refractivity contribution is 0.685. The first-order chi connectivity index (χ1) is 7.34. The molecule has 1 fully saturated rings. The van der Waals surface area contributed by atoms with Crippen molar-refractivity contribution < 1.29 is 0 Å². The largest absolute Gasteiger partial charge is 0.357 e. The monoisotopic (exact) mass is 242 g/mol. The molecule has 1 saturated heterocycles. The number of aromatic nitrogens is 1. The Bertz CT molecular complexity index is 293. The Kier molecular flexibility index (Phi) is 4.47. The van der Waals surface area contributed by atoms with Crippen LogP contribution in [0, 0.1) is 0 Å². The number of nitrogens with one attached hydrogen (secondary N) is 1. The van der Waals surface area contributed by atoms with Gasteiger partial charge >= 0.3 is 0 Å². The van der Waals surface area contributed by atoms with Gasteiger partial charge in [-0.25, -0.2) is 0 Å². The highest BCUT2D eigenvalue weighted by atomic mass is 32.2. The van der Waals surface area contributed by atoms with E-state index in [9.17, 15) is 0 Å². The normalized spacial score (nSPS) is 21.8. The molecular formula is C11H18N2S2. The molecule has 2 heterocycles. The highest BCUT2D eigenvalue weighted by molar-refractivity contribution is 8.06. The lowest BCUT2D eigenvalue weighted by atomic mass is 10.3. The van der Waals surface area contributed by atoms with Crippen molar-refractivity contribution in [3.8, 4) is 0 Å². The van der Waals surface area contributed by atoms with Gasteiger partial charge in [0.15, 0.2) is 0 Å². The minimum atomic E-state index is 0.812. The summed E-state index contributed by atoms with van der Waals surface area (Å²) < 4.78 is 2.10. The van der Waals surface area contributed by atoms with Crippen LogP contribution in [0.25, 0.3) is 0 Å². The molecule has 0 aliphatic carbocycles. The minimum absolute atomic E-state index is 0.812. The van der Waals surface area contributed by atoms with Gasteiger partial charge in [0, 0.05) is 55.0 Å². The molecule has 1 atom stereocenters. The van der Waals surface area contributed by atoms with Gasteiger partial charge in [-0.05, 0) is 11.6 Å². The van der Waals surface area contributed by atoms with Gasteiger partial charge < -0.3 is 9.88 Å². The summed E-state index contributed by atoms with van der Waals surface area (Å²) >= 11 is 4.20. The molecule has 1 N–H and O–H groups in total. The predicted molar refractivity (Wildman–Crippen MR) is 70.7 cm³/mol. The summed E-state index contributed by atoms with van der Waals surface area (Å²) in [6.07, 6.45) is 4.28. The van der Waals surface area contributed by atoms with Gasteiger partial charge in [0.2, 0.25) is 0 Å². The number of hydrogen-bond donors (Lipinski definition) is 1. The second-order valence-corrected chi connectivity index (χ2v) is 6.44. The first kappa shape index (κ1) is 11.4. The van der Waals surface area contributed by atoms with Crippen molar-refractivity contribution in [1.29, 1.82) is 0 Å². The van der Waals surface area contributed by atoms with Gasteiger partial charge in [-0.1, -0.05) is 0 Å². The van der Waals surface area contributed by atoms with Crippen LogP contribution in [0.1, 0.15) is 5.56 Å². The molecule has 0 radical (unpaired) electrons. The van der Waals surface area contributed by atoms with Gasteiger partial charge in [0.1, 0.15) is 0 Å². The Hall–Kier alpha value is -0.0600. The van der Waals surface area contributed by atoms with E-state index in [4.69, 9.17) is 0 Å². The average Bonchev–Trinajstić information content (AvgIpc) is 2.66. The average molecular weight is 242 g/mol. The van der Waals surface area contributed by atoms with Gasteiger partial charge in [-0.15, -0.1) is 0 Å². The van der Waals surface area contributed by atoms with Gasteiger partial charge in [-0.2, -0.15) is 23.5 Å². The summed E-state index contributed by atoms with van der Waals surface area (Å²) in [5.74, 6) is 3.97. The van der Waals surface area contributed by atoms with Gasteiger partial charge in [0.05, 0.1) is 0 Å². The third-order valence-corrected chi connectivity index (χ3v) is 5.32. The van der Waals surface area contributed by atoms with Crippen LogP contribution in [0.15, 0.2) is 18.5 Å². The van der Waals surface area contributed by atoms with Crippen LogP contribution in [0.4, 0.5) is 0 Å². The van der Waals surface area contributed by atoms with Crippen LogP contribution in [0.3, 0.4) is 0 Å². The highest BCUT2D eigenvalue weighted by Gasteiger charge is 2.13. The fourth-order valence-corrected chi connectivity index (χ4v) is 4.34. The third-order valence-electron chi connectivity index (χ3n) is 2.48. The van der Waals surface area contributed by atoms with Crippen molar-refractivity contribution >= 4 is 23.5 Å². The first-order valence-electron chi connectivity index (χ1n) is 5.35. The standard InChI is InChI=1S/C11H18N2S2/c1-13-3-2-10(8-13)6-12-7-11-9-14-4-5-15-11/h2-3,8,11-12H,4-7,9H2,1H3. The molecule has 84 valence electrons. The van der Waals surface area contributed by atoms with E-state index in [2.05, 4.69) is 58.9 Å². The molecule has 15 heavy (non-hydrogen) atoms. The minimum Gasteiger partial charge on any atom is -0.357 e. The van der Waals surface area contributed by atoms with Gasteiger partial charge in [-0.3, -0.25) is 0 Å². The SMILES string of the molecule is Cn1ccc(CNCC2CSCCS2)c1. The Labute approximate surface area is 100 Å². The van der Waals surface area contributed by atoms with Crippen molar-refractivity contribution in [2.24, 2.45) is 7.05 Å². The van der Waals surface area contributed by atoms with E-state index in [0.717, 1.165) is 18.3 Å². The molecule has 1 unspecified atom stereocenters. The lowest BCUT2D eigenvalue weighted by Gasteiger charge is -2.21. The molecule has 1 aromatic heterocycles. The number of nitrogens with zero attached hydrogens (tertiary/aromatic N) is 1. The Balaban J connectivity index is 1.65. The number of aryl methyl sites for hydroxylation is 1. The Morgan fingerprint density at radius 2 is 2.47 bits per heavy atom. The van der Waals surface area contributed by atoms with E-state index in [1.165, 1.54) is 22.8 Å². The smallest absolute Gasteiger partial charge is 0.0263 e. The maximum Gasteiger partial charge on any atom is 0.0263 e. The van der Waals surface area contributed by atoms with Crippen LogP contribution >= 0.6 is 23.5 Å². The van der Waals surface area contributed by atoms with E-state index >= 15 is 0 Å². The van der Waals surface area contributed by atoms with Crippen LogP contribution in [-0.4, -0.2) is 33.6 Å². The van der Waals surface area contributed by atoms with Crippen molar-refractivity contribution in [2.75, 3.05) is 23.8 Å². The molecular weight excluding hydrogens is 224 g/mol. The Morgan fingerprint density at radius 1 is 1.53 bits per heavy atom. The van der Waals surface area contributed by atoms with Crippen molar-refractivity contribution in [3.05, 3.63) is 24.0 Å². The maximum absolute atomic E-state index is 3.54. The molecule has 1 aliphatic heterocycles. The molecule has 0 amide bonds. The maximum atomic E-state index is 3.54. The molecule has 0 saturated carbocycles. The van der Waals surface area contributed by atoms with Crippen LogP contribution in [0.5, 0.6) is 0 Å². The van der Waals surface area contributed by atoms with Crippen LogP contribution in [0.2, 0.25) is 0 Å². The topological polar surface area (TPSA) is 17.0 Å². The van der Waals surface area contributed by atoms with E-state index in [-0.39, 0.29) is 0 Å². The first-order valence-corrected chi connectivity index (χ1v) is 7.56. The van der Waals surface area contributed by atoms with Crippen molar-refractivity contribution in [3.63, 3.8) is 0 Å². The summed E-state index contributed by atoms with van der Waals surface area (Å²) in [4.78, 5) is 0. The zero-order valence-corrected chi connectivity index (χ0v) is 10.7. The summed E-state index contributed by atoms with van der Waals surface area (Å²) in [6.45, 7) is 2.15. The fourth-order valence-electron chi connectivity index (χ4n) is 1.70. The number of rotatable bonds is 4. The second-order valence-electron chi connectivity index (χ2n) is 3.88. The molecule has 0 aromatic carbocycles. The number of thioether (sulfide) groups is 2. The number of hydrogen-bond acceptors (Lipinski definition) is 3. The van der Waals surface area contributed by atoms with E-state index in [0.29, 0.717) is 0 Å². The van der Waals surface area contributed by atoms with E-state index in [1.54, 1.807) is 0 Å². The van der Waals surface area contributed by atoms with Gasteiger partial charge in [0.25, 0.3) is 0 Å². The zero-order chi connectivity index (χ0) is 10.5. The second kappa shape index (κ2) is 5.87. The van der Waals surface area contributed by atoms with E-state index < -0.39 is 0 Å². The molecule has 2 nitrogen and oxygen atoms in total. The third kappa shape index (κ3) is 3.78. The zero-order valence-electron chi connectivity index (χ0n) is 9.11. The Morgan fingerprint density at radius 3 is 3.13 bits per heavy atom.